The molecular formula is C14H22N4O2. The van der Waals surface area contributed by atoms with Gasteiger partial charge in [-0.3, -0.25) is 5.21 Å². The molecule has 0 radical (unpaired) electrons. The SMILES string of the molecule is CCCCCCOc1cccc(/C=N/N=C(/N)NO)c1. The van der Waals surface area contributed by atoms with Crippen LogP contribution in [0, 0.1) is 0 Å². The Morgan fingerprint density at radius 3 is 3.00 bits per heavy atom. The van der Waals surface area contributed by atoms with Gasteiger partial charge in [0.15, 0.2) is 0 Å². The number of nitrogens with one attached hydrogen (secondary N) is 1. The number of hydrogen-bond acceptors (Lipinski definition) is 4. The van der Waals surface area contributed by atoms with Gasteiger partial charge in [0.2, 0.25) is 5.96 Å². The van der Waals surface area contributed by atoms with Crippen LogP contribution in [0.15, 0.2) is 34.5 Å². The van der Waals surface area contributed by atoms with Crippen LogP contribution in [-0.4, -0.2) is 24.0 Å². The van der Waals surface area contributed by atoms with Crippen molar-refractivity contribution in [2.45, 2.75) is 32.6 Å². The molecule has 0 aliphatic rings. The Hall–Kier alpha value is -2.08. The van der Waals surface area contributed by atoms with Gasteiger partial charge >= 0.3 is 0 Å². The van der Waals surface area contributed by atoms with Crippen LogP contribution in [0.1, 0.15) is 38.2 Å². The van der Waals surface area contributed by atoms with Gasteiger partial charge in [0.1, 0.15) is 5.75 Å². The Morgan fingerprint density at radius 2 is 2.25 bits per heavy atom. The van der Waals surface area contributed by atoms with E-state index in [9.17, 15) is 0 Å². The maximum absolute atomic E-state index is 8.44. The summed E-state index contributed by atoms with van der Waals surface area (Å²) in [7, 11) is 0. The minimum atomic E-state index is -0.162. The molecule has 0 spiro atoms. The minimum Gasteiger partial charge on any atom is -0.494 e. The second-order valence-corrected chi connectivity index (χ2v) is 4.32. The molecular weight excluding hydrogens is 256 g/mol. The van der Waals surface area contributed by atoms with E-state index in [-0.39, 0.29) is 5.96 Å². The van der Waals surface area contributed by atoms with Crippen molar-refractivity contribution in [3.63, 3.8) is 0 Å². The van der Waals surface area contributed by atoms with Gasteiger partial charge < -0.3 is 10.5 Å². The Morgan fingerprint density at radius 1 is 1.40 bits per heavy atom. The van der Waals surface area contributed by atoms with Crippen molar-refractivity contribution in [1.29, 1.82) is 0 Å². The summed E-state index contributed by atoms with van der Waals surface area (Å²) in [6, 6.07) is 7.55. The third-order valence-electron chi connectivity index (χ3n) is 2.61. The summed E-state index contributed by atoms with van der Waals surface area (Å²) in [5.74, 6) is 0.646. The molecule has 4 N–H and O–H groups in total. The molecule has 6 nitrogen and oxygen atoms in total. The van der Waals surface area contributed by atoms with Crippen molar-refractivity contribution >= 4 is 12.2 Å². The van der Waals surface area contributed by atoms with E-state index in [1.54, 1.807) is 5.48 Å². The highest BCUT2D eigenvalue weighted by Crippen LogP contribution is 2.13. The first kappa shape index (κ1) is 16.0. The number of guanidine groups is 1. The number of benzene rings is 1. The van der Waals surface area contributed by atoms with E-state index < -0.39 is 0 Å². The summed E-state index contributed by atoms with van der Waals surface area (Å²) >= 11 is 0. The third kappa shape index (κ3) is 6.75. The first-order valence-electron chi connectivity index (χ1n) is 6.75. The lowest BCUT2D eigenvalue weighted by molar-refractivity contribution is 0.232. The van der Waals surface area contributed by atoms with E-state index in [0.29, 0.717) is 0 Å². The first-order valence-corrected chi connectivity index (χ1v) is 6.75. The Labute approximate surface area is 119 Å². The molecule has 1 rings (SSSR count). The molecule has 0 aliphatic carbocycles. The summed E-state index contributed by atoms with van der Waals surface area (Å²) < 4.78 is 5.67. The van der Waals surface area contributed by atoms with Crippen LogP contribution < -0.4 is 16.0 Å². The molecule has 0 unspecified atom stereocenters. The van der Waals surface area contributed by atoms with Crippen LogP contribution in [0.25, 0.3) is 0 Å². The number of ether oxygens (including phenoxy) is 1. The molecule has 1 aromatic rings. The highest BCUT2D eigenvalue weighted by atomic mass is 16.5. The van der Waals surface area contributed by atoms with Crippen LogP contribution >= 0.6 is 0 Å². The zero-order chi connectivity index (χ0) is 14.6. The fourth-order valence-electron chi connectivity index (χ4n) is 1.58. The first-order chi connectivity index (χ1) is 9.76. The van der Waals surface area contributed by atoms with Crippen molar-refractivity contribution < 1.29 is 9.94 Å². The maximum Gasteiger partial charge on any atom is 0.237 e. The minimum absolute atomic E-state index is 0.162. The van der Waals surface area contributed by atoms with E-state index in [0.717, 1.165) is 24.3 Å². The maximum atomic E-state index is 8.44. The van der Waals surface area contributed by atoms with E-state index in [1.165, 1.54) is 25.5 Å². The summed E-state index contributed by atoms with van der Waals surface area (Å²) in [5, 5.41) is 15.7. The zero-order valence-electron chi connectivity index (χ0n) is 11.7. The fourth-order valence-corrected chi connectivity index (χ4v) is 1.58. The molecule has 0 fully saturated rings. The van der Waals surface area contributed by atoms with E-state index >= 15 is 0 Å². The normalized spacial score (nSPS) is 11.8. The number of unbranched alkanes of at least 4 members (excludes halogenated alkanes) is 3. The summed E-state index contributed by atoms with van der Waals surface area (Å²) in [5.41, 5.74) is 7.77. The van der Waals surface area contributed by atoms with Crippen LogP contribution in [0.2, 0.25) is 0 Å². The average Bonchev–Trinajstić information content (AvgIpc) is 2.47. The van der Waals surface area contributed by atoms with Gasteiger partial charge in [-0.2, -0.15) is 5.10 Å². The molecule has 0 aromatic heterocycles. The zero-order valence-corrected chi connectivity index (χ0v) is 11.7. The molecule has 1 aromatic carbocycles. The topological polar surface area (TPSA) is 92.2 Å². The molecule has 0 atom stereocenters. The van der Waals surface area contributed by atoms with Gasteiger partial charge in [0.05, 0.1) is 12.8 Å². The predicted molar refractivity (Wildman–Crippen MR) is 80.2 cm³/mol. The second-order valence-electron chi connectivity index (χ2n) is 4.32. The predicted octanol–water partition coefficient (Wildman–Crippen LogP) is 2.27. The monoisotopic (exact) mass is 278 g/mol. The van der Waals surface area contributed by atoms with E-state index in [2.05, 4.69) is 17.1 Å². The Bertz CT molecular complexity index is 447. The van der Waals surface area contributed by atoms with Crippen LogP contribution in [-0.2, 0) is 0 Å². The van der Waals surface area contributed by atoms with Crippen molar-refractivity contribution in [3.8, 4) is 5.75 Å². The van der Waals surface area contributed by atoms with Gasteiger partial charge in [-0.15, -0.1) is 5.10 Å². The van der Waals surface area contributed by atoms with Crippen molar-refractivity contribution in [2.24, 2.45) is 15.9 Å². The van der Waals surface area contributed by atoms with Crippen LogP contribution in [0.4, 0.5) is 0 Å². The highest BCUT2D eigenvalue weighted by molar-refractivity contribution is 5.82. The van der Waals surface area contributed by atoms with Gasteiger partial charge in [0, 0.05) is 0 Å². The molecule has 6 heteroatoms. The smallest absolute Gasteiger partial charge is 0.237 e. The van der Waals surface area contributed by atoms with Gasteiger partial charge in [-0.25, -0.2) is 5.48 Å². The molecule has 0 aliphatic heterocycles. The lowest BCUT2D eigenvalue weighted by Gasteiger charge is -2.06. The highest BCUT2D eigenvalue weighted by Gasteiger charge is 1.95. The van der Waals surface area contributed by atoms with Gasteiger partial charge in [0.25, 0.3) is 0 Å². The van der Waals surface area contributed by atoms with Gasteiger partial charge in [-0.1, -0.05) is 38.3 Å². The second kappa shape index (κ2) is 9.80. The largest absolute Gasteiger partial charge is 0.494 e. The fraction of sp³-hybridized carbons (Fsp3) is 0.429. The molecule has 0 bridgehead atoms. The van der Waals surface area contributed by atoms with Crippen molar-refractivity contribution in [2.75, 3.05) is 6.61 Å². The van der Waals surface area contributed by atoms with Gasteiger partial charge in [-0.05, 0) is 24.1 Å². The summed E-state index contributed by atoms with van der Waals surface area (Å²) in [6.45, 7) is 2.91. The van der Waals surface area contributed by atoms with Crippen molar-refractivity contribution in [1.82, 2.24) is 5.48 Å². The number of hydroxylamine groups is 1. The molecule has 0 heterocycles. The van der Waals surface area contributed by atoms with Crippen LogP contribution in [0.5, 0.6) is 5.75 Å². The molecule has 20 heavy (non-hydrogen) atoms. The molecule has 110 valence electrons. The van der Waals surface area contributed by atoms with Crippen molar-refractivity contribution in [3.05, 3.63) is 29.8 Å². The molecule has 0 saturated heterocycles. The number of nitrogens with two attached hydrogens (primary N) is 1. The lowest BCUT2D eigenvalue weighted by Crippen LogP contribution is -2.27. The standard InChI is InChI=1S/C14H22N4O2/c1-2-3-4-5-9-20-13-8-6-7-12(10-13)11-16-17-14(15)18-19/h6-8,10-11,19H,2-5,9H2,1H3,(H3,15,17,18)/b16-11+. The number of nitrogens with zero attached hydrogens (tertiary/aromatic N) is 2. The number of rotatable bonds is 8. The summed E-state index contributed by atoms with van der Waals surface area (Å²) in [4.78, 5) is 0. The summed E-state index contributed by atoms with van der Waals surface area (Å²) in [6.07, 6.45) is 6.26. The average molecular weight is 278 g/mol. The lowest BCUT2D eigenvalue weighted by atomic mass is 10.2. The van der Waals surface area contributed by atoms with E-state index in [1.807, 2.05) is 24.3 Å². The Balaban J connectivity index is 2.45. The molecule has 0 saturated carbocycles. The van der Waals surface area contributed by atoms with Crippen LogP contribution in [0.3, 0.4) is 0 Å². The molecule has 0 amide bonds. The Kier molecular flexibility index (Phi) is 7.83. The quantitative estimate of drug-likeness (QED) is 0.294. The third-order valence-corrected chi connectivity index (χ3v) is 2.61. The number of hydrogen-bond donors (Lipinski definition) is 3. The van der Waals surface area contributed by atoms with E-state index in [4.69, 9.17) is 15.7 Å².